The van der Waals surface area contributed by atoms with E-state index in [9.17, 15) is 14.3 Å². The van der Waals surface area contributed by atoms with Gasteiger partial charge in [-0.1, -0.05) is 12.1 Å². The first-order valence-electron chi connectivity index (χ1n) is 7.33. The normalized spacial score (nSPS) is 10.4. The lowest BCUT2D eigenvalue weighted by Gasteiger charge is -2.15. The molecule has 5 nitrogen and oxygen atoms in total. The molecule has 0 saturated carbocycles. The average molecular weight is 334 g/mol. The maximum Gasteiger partial charge on any atom is 0.513 e. The van der Waals surface area contributed by atoms with Gasteiger partial charge in [0.15, 0.2) is 11.6 Å². The van der Waals surface area contributed by atoms with Gasteiger partial charge in [0, 0.05) is 5.56 Å². The van der Waals surface area contributed by atoms with Gasteiger partial charge in [0.2, 0.25) is 0 Å². The Labute approximate surface area is 139 Å². The van der Waals surface area contributed by atoms with E-state index in [1.54, 1.807) is 24.3 Å². The van der Waals surface area contributed by atoms with E-state index >= 15 is 0 Å². The monoisotopic (exact) mass is 334 g/mol. The number of halogens is 1. The molecule has 0 unspecified atom stereocenters. The molecule has 128 valence electrons. The SMILES string of the molecule is COC(=O)Oc1cccc(CO)c1COc1cc(C)c(C)cc1F. The van der Waals surface area contributed by atoms with Crippen LogP contribution in [-0.4, -0.2) is 18.4 Å². The summed E-state index contributed by atoms with van der Waals surface area (Å²) in [5, 5.41) is 9.47. The fourth-order valence-corrected chi connectivity index (χ4v) is 2.17. The third-order valence-corrected chi connectivity index (χ3v) is 3.68. The second kappa shape index (κ2) is 7.79. The Kier molecular flexibility index (Phi) is 5.76. The van der Waals surface area contributed by atoms with Crippen molar-refractivity contribution in [2.75, 3.05) is 7.11 Å². The van der Waals surface area contributed by atoms with E-state index in [-0.39, 0.29) is 24.7 Å². The van der Waals surface area contributed by atoms with Gasteiger partial charge >= 0.3 is 6.16 Å². The largest absolute Gasteiger partial charge is 0.513 e. The van der Waals surface area contributed by atoms with E-state index in [2.05, 4.69) is 4.74 Å². The van der Waals surface area contributed by atoms with Crippen molar-refractivity contribution in [1.29, 1.82) is 0 Å². The predicted octanol–water partition coefficient (Wildman–Crippen LogP) is 3.66. The molecule has 2 rings (SSSR count). The first-order valence-corrected chi connectivity index (χ1v) is 7.33. The van der Waals surface area contributed by atoms with Gasteiger partial charge in [-0.15, -0.1) is 0 Å². The summed E-state index contributed by atoms with van der Waals surface area (Å²) < 4.78 is 29.1. The number of rotatable bonds is 5. The lowest BCUT2D eigenvalue weighted by molar-refractivity contribution is 0.120. The molecule has 0 aliphatic rings. The van der Waals surface area contributed by atoms with Gasteiger partial charge in [-0.2, -0.15) is 0 Å². The maximum atomic E-state index is 14.0. The molecule has 0 radical (unpaired) electrons. The summed E-state index contributed by atoms with van der Waals surface area (Å²) in [7, 11) is 1.19. The van der Waals surface area contributed by atoms with Crippen LogP contribution in [0.15, 0.2) is 30.3 Å². The Balaban J connectivity index is 2.28. The molecular formula is C18H19FO5. The fraction of sp³-hybridized carbons (Fsp3) is 0.278. The van der Waals surface area contributed by atoms with Crippen LogP contribution in [0.1, 0.15) is 22.3 Å². The molecule has 0 aliphatic heterocycles. The Bertz CT molecular complexity index is 742. The number of hydrogen-bond donors (Lipinski definition) is 1. The quantitative estimate of drug-likeness (QED) is 0.668. The minimum absolute atomic E-state index is 0.0670. The highest BCUT2D eigenvalue weighted by molar-refractivity contribution is 5.64. The second-order valence-electron chi connectivity index (χ2n) is 5.26. The van der Waals surface area contributed by atoms with Gasteiger partial charge in [0.1, 0.15) is 12.4 Å². The van der Waals surface area contributed by atoms with Gasteiger partial charge in [-0.3, -0.25) is 0 Å². The van der Waals surface area contributed by atoms with Crippen molar-refractivity contribution in [2.24, 2.45) is 0 Å². The molecule has 0 aliphatic carbocycles. The first kappa shape index (κ1) is 17.7. The lowest BCUT2D eigenvalue weighted by atomic mass is 10.1. The summed E-state index contributed by atoms with van der Waals surface area (Å²) in [4.78, 5) is 11.3. The van der Waals surface area contributed by atoms with Crippen LogP contribution in [0.2, 0.25) is 0 Å². The van der Waals surface area contributed by atoms with Crippen LogP contribution in [0, 0.1) is 19.7 Å². The summed E-state index contributed by atoms with van der Waals surface area (Å²) in [5.74, 6) is -0.192. The van der Waals surface area contributed by atoms with Crippen molar-refractivity contribution in [1.82, 2.24) is 0 Å². The molecular weight excluding hydrogens is 315 g/mol. The molecule has 1 N–H and O–H groups in total. The van der Waals surface area contributed by atoms with Crippen LogP contribution >= 0.6 is 0 Å². The zero-order chi connectivity index (χ0) is 17.7. The molecule has 0 bridgehead atoms. The summed E-state index contributed by atoms with van der Waals surface area (Å²) in [5.41, 5.74) is 2.68. The van der Waals surface area contributed by atoms with Crippen LogP contribution in [0.4, 0.5) is 9.18 Å². The smallest absolute Gasteiger partial charge is 0.486 e. The zero-order valence-corrected chi connectivity index (χ0v) is 13.8. The Morgan fingerprint density at radius 2 is 1.88 bits per heavy atom. The molecule has 0 fully saturated rings. The van der Waals surface area contributed by atoms with Gasteiger partial charge < -0.3 is 19.3 Å². The van der Waals surface area contributed by atoms with E-state index < -0.39 is 12.0 Å². The Hall–Kier alpha value is -2.60. The number of hydrogen-bond acceptors (Lipinski definition) is 5. The summed E-state index contributed by atoms with van der Waals surface area (Å²) in [6.45, 7) is 3.33. The Morgan fingerprint density at radius 1 is 1.17 bits per heavy atom. The molecule has 0 aromatic heterocycles. The van der Waals surface area contributed by atoms with E-state index in [1.165, 1.54) is 13.2 Å². The number of carbonyl (C=O) groups is 1. The standard InChI is InChI=1S/C18H19FO5/c1-11-7-15(19)17(8-12(11)2)23-10-14-13(9-20)5-4-6-16(14)24-18(21)22-3/h4-8,20H,9-10H2,1-3H3. The topological polar surface area (TPSA) is 65.0 Å². The van der Waals surface area contributed by atoms with Gasteiger partial charge in [-0.05, 0) is 48.7 Å². The number of methoxy groups -OCH3 is 1. The van der Waals surface area contributed by atoms with E-state index in [4.69, 9.17) is 9.47 Å². The number of aliphatic hydroxyl groups is 1. The summed E-state index contributed by atoms with van der Waals surface area (Å²) in [6.07, 6.45) is -0.885. The van der Waals surface area contributed by atoms with Crippen molar-refractivity contribution in [3.63, 3.8) is 0 Å². The number of benzene rings is 2. The fourth-order valence-electron chi connectivity index (χ4n) is 2.17. The van der Waals surface area contributed by atoms with Crippen molar-refractivity contribution in [2.45, 2.75) is 27.1 Å². The molecule has 0 spiro atoms. The van der Waals surface area contributed by atoms with Crippen LogP contribution in [0.25, 0.3) is 0 Å². The number of aryl methyl sites for hydroxylation is 2. The minimum atomic E-state index is -0.885. The highest BCUT2D eigenvalue weighted by Gasteiger charge is 2.15. The van der Waals surface area contributed by atoms with E-state index in [0.29, 0.717) is 11.1 Å². The van der Waals surface area contributed by atoms with Crippen molar-refractivity contribution < 1.29 is 28.5 Å². The molecule has 2 aromatic rings. The number of aliphatic hydroxyl groups excluding tert-OH is 1. The Morgan fingerprint density at radius 3 is 2.54 bits per heavy atom. The van der Waals surface area contributed by atoms with Crippen molar-refractivity contribution >= 4 is 6.16 Å². The molecule has 0 atom stereocenters. The van der Waals surface area contributed by atoms with Crippen LogP contribution in [-0.2, 0) is 18.0 Å². The second-order valence-corrected chi connectivity index (χ2v) is 5.26. The lowest BCUT2D eigenvalue weighted by Crippen LogP contribution is -2.11. The molecule has 0 saturated heterocycles. The van der Waals surface area contributed by atoms with Crippen molar-refractivity contribution in [3.05, 3.63) is 58.4 Å². The highest BCUT2D eigenvalue weighted by Crippen LogP contribution is 2.27. The van der Waals surface area contributed by atoms with Gasteiger partial charge in [0.05, 0.1) is 13.7 Å². The van der Waals surface area contributed by atoms with Crippen LogP contribution in [0.5, 0.6) is 11.5 Å². The molecule has 2 aromatic carbocycles. The predicted molar refractivity (Wildman–Crippen MR) is 85.6 cm³/mol. The van der Waals surface area contributed by atoms with E-state index in [0.717, 1.165) is 11.1 Å². The van der Waals surface area contributed by atoms with Crippen LogP contribution in [0.3, 0.4) is 0 Å². The zero-order valence-electron chi connectivity index (χ0n) is 13.8. The third kappa shape index (κ3) is 4.02. The average Bonchev–Trinajstić information content (AvgIpc) is 2.57. The summed E-state index contributed by atoms with van der Waals surface area (Å²) in [6, 6.07) is 7.84. The molecule has 0 heterocycles. The summed E-state index contributed by atoms with van der Waals surface area (Å²) >= 11 is 0. The molecule has 24 heavy (non-hydrogen) atoms. The molecule has 0 amide bonds. The minimum Gasteiger partial charge on any atom is -0.486 e. The first-order chi connectivity index (χ1) is 11.5. The van der Waals surface area contributed by atoms with Gasteiger partial charge in [-0.25, -0.2) is 9.18 Å². The molecule has 6 heteroatoms. The van der Waals surface area contributed by atoms with E-state index in [1.807, 2.05) is 13.8 Å². The number of carbonyl (C=O) groups excluding carboxylic acids is 1. The maximum absolute atomic E-state index is 14.0. The van der Waals surface area contributed by atoms with Crippen molar-refractivity contribution in [3.8, 4) is 11.5 Å². The number of ether oxygens (including phenoxy) is 3. The van der Waals surface area contributed by atoms with Gasteiger partial charge in [0.25, 0.3) is 0 Å². The van der Waals surface area contributed by atoms with Crippen LogP contribution < -0.4 is 9.47 Å². The highest BCUT2D eigenvalue weighted by atomic mass is 19.1. The third-order valence-electron chi connectivity index (χ3n) is 3.68.